The minimum absolute atomic E-state index is 0.139. The third-order valence-corrected chi connectivity index (χ3v) is 5.54. The first kappa shape index (κ1) is 19.4. The number of hydrogen-bond acceptors (Lipinski definition) is 6. The van der Waals surface area contributed by atoms with E-state index in [-0.39, 0.29) is 12.0 Å². The third-order valence-electron chi connectivity index (χ3n) is 5.54. The normalized spacial score (nSPS) is 16.5. The van der Waals surface area contributed by atoms with Gasteiger partial charge in [-0.1, -0.05) is 23.4 Å². The summed E-state index contributed by atoms with van der Waals surface area (Å²) in [4.78, 5) is 21.7. The second-order valence-corrected chi connectivity index (χ2v) is 7.76. The van der Waals surface area contributed by atoms with Gasteiger partial charge in [0.15, 0.2) is 0 Å². The molecule has 1 amide bonds. The van der Waals surface area contributed by atoms with E-state index >= 15 is 0 Å². The van der Waals surface area contributed by atoms with Gasteiger partial charge in [0, 0.05) is 24.1 Å². The monoisotopic (exact) mass is 417 g/mol. The predicted molar refractivity (Wildman–Crippen MR) is 115 cm³/mol. The van der Waals surface area contributed by atoms with Gasteiger partial charge in [-0.05, 0) is 49.9 Å². The molecule has 4 aromatic rings. The number of imidazole rings is 1. The zero-order chi connectivity index (χ0) is 21.2. The van der Waals surface area contributed by atoms with Gasteiger partial charge >= 0.3 is 0 Å². The lowest BCUT2D eigenvalue weighted by molar-refractivity contribution is 0.0124. The minimum atomic E-state index is -0.234. The molecule has 1 aliphatic rings. The van der Waals surface area contributed by atoms with Crippen molar-refractivity contribution in [3.63, 3.8) is 0 Å². The number of nitrogens with one attached hydrogen (secondary N) is 1. The molecule has 1 aromatic carbocycles. The summed E-state index contributed by atoms with van der Waals surface area (Å²) >= 11 is 0. The molecule has 158 valence electrons. The van der Waals surface area contributed by atoms with E-state index in [4.69, 9.17) is 9.26 Å². The molecule has 1 saturated heterocycles. The highest BCUT2D eigenvalue weighted by Crippen LogP contribution is 2.25. The van der Waals surface area contributed by atoms with Gasteiger partial charge in [-0.15, -0.1) is 0 Å². The minimum Gasteiger partial charge on any atom is -0.378 e. The lowest BCUT2D eigenvalue weighted by Gasteiger charge is -2.20. The van der Waals surface area contributed by atoms with Crippen molar-refractivity contribution in [3.05, 3.63) is 65.9 Å². The third kappa shape index (κ3) is 4.06. The number of carbonyl (C=O) groups excluding carboxylic acids is 1. The van der Waals surface area contributed by atoms with Crippen LogP contribution < -0.4 is 5.32 Å². The van der Waals surface area contributed by atoms with Crippen molar-refractivity contribution in [1.82, 2.24) is 19.5 Å². The molecule has 1 aliphatic heterocycles. The van der Waals surface area contributed by atoms with E-state index in [9.17, 15) is 4.79 Å². The topological polar surface area (TPSA) is 94.5 Å². The second kappa shape index (κ2) is 8.31. The predicted octanol–water partition coefficient (Wildman–Crippen LogP) is 4.06. The molecule has 8 heteroatoms. The van der Waals surface area contributed by atoms with Gasteiger partial charge in [-0.2, -0.15) is 4.98 Å². The maximum atomic E-state index is 12.9. The van der Waals surface area contributed by atoms with E-state index in [0.29, 0.717) is 29.5 Å². The second-order valence-electron chi connectivity index (χ2n) is 7.76. The van der Waals surface area contributed by atoms with Gasteiger partial charge in [0.2, 0.25) is 11.7 Å². The average molecular weight is 417 g/mol. The molecule has 1 atom stereocenters. The van der Waals surface area contributed by atoms with Crippen LogP contribution in [0, 0.1) is 6.92 Å². The van der Waals surface area contributed by atoms with Crippen molar-refractivity contribution >= 4 is 17.2 Å². The molecule has 31 heavy (non-hydrogen) atoms. The Hall–Kier alpha value is -3.52. The van der Waals surface area contributed by atoms with Crippen molar-refractivity contribution in [3.8, 4) is 11.4 Å². The Morgan fingerprint density at radius 2 is 2.19 bits per heavy atom. The lowest BCUT2D eigenvalue weighted by atomic mass is 10.1. The van der Waals surface area contributed by atoms with Crippen LogP contribution in [0.2, 0.25) is 0 Å². The summed E-state index contributed by atoms with van der Waals surface area (Å²) in [5, 5.41) is 7.11. The number of aromatic nitrogens is 4. The molecule has 8 nitrogen and oxygen atoms in total. The molecule has 5 rings (SSSR count). The molecular weight excluding hydrogens is 394 g/mol. The Morgan fingerprint density at radius 1 is 1.26 bits per heavy atom. The Balaban J connectivity index is 1.35. The summed E-state index contributed by atoms with van der Waals surface area (Å²) in [6.45, 7) is 2.73. The molecule has 0 saturated carbocycles. The van der Waals surface area contributed by atoms with E-state index in [0.717, 1.165) is 36.2 Å². The zero-order valence-electron chi connectivity index (χ0n) is 17.2. The average Bonchev–Trinajstić information content (AvgIpc) is 3.43. The van der Waals surface area contributed by atoms with Crippen LogP contribution in [0.5, 0.6) is 0 Å². The summed E-state index contributed by atoms with van der Waals surface area (Å²) in [6, 6.07) is 11.3. The van der Waals surface area contributed by atoms with E-state index in [2.05, 4.69) is 20.4 Å². The zero-order valence-corrected chi connectivity index (χ0v) is 17.2. The van der Waals surface area contributed by atoms with Gasteiger partial charge in [0.25, 0.3) is 5.91 Å². The van der Waals surface area contributed by atoms with Gasteiger partial charge in [0.1, 0.15) is 11.3 Å². The highest BCUT2D eigenvalue weighted by Gasteiger charge is 2.19. The first-order valence-electron chi connectivity index (χ1n) is 10.5. The number of nitrogens with zero attached hydrogens (tertiary/aromatic N) is 4. The summed E-state index contributed by atoms with van der Waals surface area (Å²) in [6.07, 6.45) is 7.44. The van der Waals surface area contributed by atoms with Crippen LogP contribution in [0.4, 0.5) is 5.69 Å². The molecule has 3 aromatic heterocycles. The van der Waals surface area contributed by atoms with Crippen LogP contribution in [0.1, 0.15) is 41.2 Å². The van der Waals surface area contributed by atoms with Crippen LogP contribution >= 0.6 is 0 Å². The maximum Gasteiger partial charge on any atom is 0.274 e. The van der Waals surface area contributed by atoms with Gasteiger partial charge in [-0.25, -0.2) is 4.98 Å². The molecule has 0 aliphatic carbocycles. The van der Waals surface area contributed by atoms with Crippen molar-refractivity contribution < 1.29 is 14.1 Å². The maximum absolute atomic E-state index is 12.9. The Kier molecular flexibility index (Phi) is 5.21. The molecular formula is C23H23N5O3. The smallest absolute Gasteiger partial charge is 0.274 e. The summed E-state index contributed by atoms with van der Waals surface area (Å²) in [5.74, 6) is 0.831. The fourth-order valence-electron chi connectivity index (χ4n) is 3.80. The molecule has 1 fully saturated rings. The number of pyridine rings is 1. The Bertz CT molecular complexity index is 1220. The number of benzene rings is 1. The Labute approximate surface area is 179 Å². The van der Waals surface area contributed by atoms with Crippen molar-refractivity contribution in [2.45, 2.75) is 38.7 Å². The number of fused-ring (bicyclic) bond motifs is 1. The Morgan fingerprint density at radius 3 is 3.06 bits per heavy atom. The van der Waals surface area contributed by atoms with Crippen molar-refractivity contribution in [1.29, 1.82) is 0 Å². The largest absolute Gasteiger partial charge is 0.378 e. The molecule has 4 heterocycles. The first-order valence-corrected chi connectivity index (χ1v) is 10.5. The summed E-state index contributed by atoms with van der Waals surface area (Å²) < 4.78 is 13.0. The fourth-order valence-corrected chi connectivity index (χ4v) is 3.80. The van der Waals surface area contributed by atoms with E-state index in [1.807, 2.05) is 49.5 Å². The molecule has 1 unspecified atom stereocenters. The van der Waals surface area contributed by atoms with Crippen LogP contribution in [0.15, 0.2) is 53.3 Å². The van der Waals surface area contributed by atoms with Crippen LogP contribution in [0.25, 0.3) is 17.0 Å². The van der Waals surface area contributed by atoms with Crippen LogP contribution in [-0.2, 0) is 11.2 Å². The summed E-state index contributed by atoms with van der Waals surface area (Å²) in [7, 11) is 0. The molecule has 0 radical (unpaired) electrons. The number of anilines is 1. The molecule has 0 bridgehead atoms. The van der Waals surface area contributed by atoms with Crippen LogP contribution in [-0.4, -0.2) is 38.1 Å². The number of rotatable bonds is 5. The number of aryl methyl sites for hydroxylation is 1. The quantitative estimate of drug-likeness (QED) is 0.526. The van der Waals surface area contributed by atoms with Crippen LogP contribution in [0.3, 0.4) is 0 Å². The first-order chi connectivity index (χ1) is 15.2. The SMILES string of the molecule is Cc1ccc(-c2noc(CC3CCCCO3)n2)cc1NC(=O)c1cnc2ccccn12. The number of amides is 1. The molecule has 0 spiro atoms. The van der Waals surface area contributed by atoms with Gasteiger partial charge in [-0.3, -0.25) is 9.20 Å². The van der Waals surface area contributed by atoms with Gasteiger partial charge in [0.05, 0.1) is 18.7 Å². The van der Waals surface area contributed by atoms with E-state index < -0.39 is 0 Å². The lowest BCUT2D eigenvalue weighted by Crippen LogP contribution is -2.21. The summed E-state index contributed by atoms with van der Waals surface area (Å²) in [5.41, 5.74) is 3.59. The highest BCUT2D eigenvalue weighted by molar-refractivity contribution is 6.04. The standard InChI is InChI=1S/C23H23N5O3/c1-15-8-9-16(22-26-21(31-27-22)13-17-6-3-5-11-30-17)12-18(15)25-23(29)19-14-24-20-7-2-4-10-28(19)20/h2,4,7-10,12,14,17H,3,5-6,11,13H2,1H3,(H,25,29). The van der Waals surface area contributed by atoms with E-state index in [1.54, 1.807) is 10.6 Å². The number of hydrogen-bond donors (Lipinski definition) is 1. The van der Waals surface area contributed by atoms with Gasteiger partial charge < -0.3 is 14.6 Å². The van der Waals surface area contributed by atoms with Crippen molar-refractivity contribution in [2.75, 3.05) is 11.9 Å². The van der Waals surface area contributed by atoms with Crippen molar-refractivity contribution in [2.24, 2.45) is 0 Å². The number of ether oxygens (including phenoxy) is 1. The molecule has 1 N–H and O–H groups in total. The fraction of sp³-hybridized carbons (Fsp3) is 0.304. The number of carbonyl (C=O) groups is 1. The van der Waals surface area contributed by atoms with E-state index in [1.165, 1.54) is 6.42 Å². The highest BCUT2D eigenvalue weighted by atomic mass is 16.5.